The maximum Gasteiger partial charge on any atom is 0.163 e. The summed E-state index contributed by atoms with van der Waals surface area (Å²) in [6.45, 7) is 9.08. The molecule has 0 aromatic heterocycles. The number of halogens is 3. The number of methoxy groups -OCH3 is 1. The Kier molecular flexibility index (Phi) is 10.0. The Morgan fingerprint density at radius 2 is 1.83 bits per heavy atom. The van der Waals surface area contributed by atoms with E-state index in [0.29, 0.717) is 33.7 Å². The number of rotatable bonds is 12. The number of nitrogens with zero attached hydrogens (tertiary/aromatic N) is 1. The number of benzene rings is 2. The van der Waals surface area contributed by atoms with Crippen LogP contribution in [0.15, 0.2) is 30.3 Å². The van der Waals surface area contributed by atoms with Gasteiger partial charge in [0.25, 0.3) is 0 Å². The number of ether oxygens (including phenoxy) is 2. The monoisotopic (exact) mass is 442 g/mol. The van der Waals surface area contributed by atoms with E-state index in [4.69, 9.17) is 32.7 Å². The van der Waals surface area contributed by atoms with Gasteiger partial charge in [-0.3, -0.25) is 0 Å². The van der Waals surface area contributed by atoms with Gasteiger partial charge in [0.2, 0.25) is 0 Å². The van der Waals surface area contributed by atoms with Crippen molar-refractivity contribution in [3.63, 3.8) is 0 Å². The molecule has 0 atom stereocenters. The lowest BCUT2D eigenvalue weighted by atomic mass is 10.2. The highest BCUT2D eigenvalue weighted by molar-refractivity contribution is 6.31. The third-order valence-electron chi connectivity index (χ3n) is 4.80. The molecule has 0 heterocycles. The van der Waals surface area contributed by atoms with Gasteiger partial charge in [-0.25, -0.2) is 4.39 Å². The molecule has 7 heteroatoms. The van der Waals surface area contributed by atoms with E-state index in [9.17, 15) is 4.39 Å². The first-order valence-electron chi connectivity index (χ1n) is 9.85. The summed E-state index contributed by atoms with van der Waals surface area (Å²) in [6, 6.07) is 8.08. The third-order valence-corrected chi connectivity index (χ3v) is 5.51. The fourth-order valence-corrected chi connectivity index (χ4v) is 3.43. The quantitative estimate of drug-likeness (QED) is 0.437. The minimum Gasteiger partial charge on any atom is -0.493 e. The highest BCUT2D eigenvalue weighted by Crippen LogP contribution is 2.34. The van der Waals surface area contributed by atoms with Crippen molar-refractivity contribution in [1.82, 2.24) is 10.2 Å². The molecule has 0 aliphatic rings. The van der Waals surface area contributed by atoms with Gasteiger partial charge in [-0.1, -0.05) is 43.1 Å². The molecule has 0 saturated heterocycles. The second-order valence-corrected chi connectivity index (χ2v) is 7.45. The molecule has 1 N–H and O–H groups in total. The second-order valence-electron chi connectivity index (χ2n) is 6.64. The summed E-state index contributed by atoms with van der Waals surface area (Å²) >= 11 is 12.5. The first-order valence-corrected chi connectivity index (χ1v) is 10.6. The third kappa shape index (κ3) is 7.03. The van der Waals surface area contributed by atoms with Crippen molar-refractivity contribution < 1.29 is 13.9 Å². The zero-order valence-corrected chi connectivity index (χ0v) is 18.7. The van der Waals surface area contributed by atoms with Gasteiger partial charge < -0.3 is 19.7 Å². The van der Waals surface area contributed by atoms with Gasteiger partial charge in [0.1, 0.15) is 12.4 Å². The Balaban J connectivity index is 1.96. The Bertz CT molecular complexity index is 765. The predicted octanol–water partition coefficient (Wildman–Crippen LogP) is 5.54. The molecule has 29 heavy (non-hydrogen) atoms. The molecular weight excluding hydrogens is 414 g/mol. The molecule has 160 valence electrons. The van der Waals surface area contributed by atoms with Crippen molar-refractivity contribution in [2.24, 2.45) is 0 Å². The Morgan fingerprint density at radius 3 is 2.48 bits per heavy atom. The fourth-order valence-electron chi connectivity index (χ4n) is 3.00. The first-order chi connectivity index (χ1) is 14.0. The summed E-state index contributed by atoms with van der Waals surface area (Å²) in [6.07, 6.45) is 1.07. The van der Waals surface area contributed by atoms with Crippen LogP contribution in [0.3, 0.4) is 0 Å². The van der Waals surface area contributed by atoms with Crippen LogP contribution in [-0.2, 0) is 13.2 Å². The molecule has 0 aliphatic heterocycles. The fraction of sp³-hybridized carbons (Fsp3) is 0.455. The lowest BCUT2D eigenvalue weighted by molar-refractivity contribution is 0.279. The lowest BCUT2D eigenvalue weighted by Crippen LogP contribution is -2.27. The molecule has 0 unspecified atom stereocenters. The molecule has 2 aromatic rings. The van der Waals surface area contributed by atoms with E-state index in [1.54, 1.807) is 25.3 Å². The first kappa shape index (κ1) is 23.7. The van der Waals surface area contributed by atoms with Crippen LogP contribution >= 0.6 is 23.2 Å². The predicted molar refractivity (Wildman–Crippen MR) is 118 cm³/mol. The van der Waals surface area contributed by atoms with Crippen molar-refractivity contribution in [2.45, 2.75) is 33.4 Å². The average molecular weight is 443 g/mol. The van der Waals surface area contributed by atoms with Crippen LogP contribution in [0.1, 0.15) is 31.4 Å². The maximum atomic E-state index is 13.9. The van der Waals surface area contributed by atoms with E-state index < -0.39 is 5.82 Å². The van der Waals surface area contributed by atoms with Crippen LogP contribution in [0.4, 0.5) is 4.39 Å². The molecule has 0 spiro atoms. The molecular formula is C22H29Cl2FN2O2. The van der Waals surface area contributed by atoms with E-state index in [-0.39, 0.29) is 6.61 Å². The van der Waals surface area contributed by atoms with Gasteiger partial charge >= 0.3 is 0 Å². The summed E-state index contributed by atoms with van der Waals surface area (Å²) in [7, 11) is 1.56. The van der Waals surface area contributed by atoms with E-state index in [1.165, 1.54) is 6.07 Å². The normalized spacial score (nSPS) is 11.1. The van der Waals surface area contributed by atoms with Crippen LogP contribution in [-0.4, -0.2) is 38.2 Å². The van der Waals surface area contributed by atoms with E-state index >= 15 is 0 Å². The van der Waals surface area contributed by atoms with Gasteiger partial charge in [0.15, 0.2) is 11.5 Å². The van der Waals surface area contributed by atoms with Crippen molar-refractivity contribution in [3.05, 3.63) is 57.3 Å². The van der Waals surface area contributed by atoms with Crippen LogP contribution in [0.25, 0.3) is 0 Å². The van der Waals surface area contributed by atoms with Crippen LogP contribution in [0, 0.1) is 5.82 Å². The summed E-state index contributed by atoms with van der Waals surface area (Å²) < 4.78 is 25.1. The van der Waals surface area contributed by atoms with Gasteiger partial charge in [-0.2, -0.15) is 0 Å². The number of hydrogen-bond acceptors (Lipinski definition) is 4. The lowest BCUT2D eigenvalue weighted by Gasteiger charge is -2.18. The second kappa shape index (κ2) is 12.2. The zero-order valence-electron chi connectivity index (χ0n) is 17.2. The van der Waals surface area contributed by atoms with Gasteiger partial charge in [-0.15, -0.1) is 0 Å². The Labute approximate surface area is 182 Å². The molecule has 2 rings (SSSR count). The van der Waals surface area contributed by atoms with Crippen molar-refractivity contribution in [2.75, 3.05) is 33.3 Å². The zero-order chi connectivity index (χ0) is 21.2. The van der Waals surface area contributed by atoms with Gasteiger partial charge in [-0.05, 0) is 56.4 Å². The molecule has 0 saturated carbocycles. The Hall–Kier alpha value is -1.53. The maximum absolute atomic E-state index is 13.9. The average Bonchev–Trinajstić information content (AvgIpc) is 2.71. The molecule has 0 radical (unpaired) electrons. The highest BCUT2D eigenvalue weighted by Gasteiger charge is 2.13. The minimum absolute atomic E-state index is 0.0127. The smallest absolute Gasteiger partial charge is 0.163 e. The van der Waals surface area contributed by atoms with E-state index in [0.717, 1.165) is 38.2 Å². The molecule has 2 aromatic carbocycles. The largest absolute Gasteiger partial charge is 0.493 e. The Morgan fingerprint density at radius 1 is 1.07 bits per heavy atom. The van der Waals surface area contributed by atoms with Gasteiger partial charge in [0.05, 0.1) is 12.1 Å². The molecule has 0 bridgehead atoms. The van der Waals surface area contributed by atoms with E-state index in [2.05, 4.69) is 24.1 Å². The summed E-state index contributed by atoms with van der Waals surface area (Å²) in [5, 5.41) is 4.30. The van der Waals surface area contributed by atoms with Crippen LogP contribution in [0.2, 0.25) is 10.0 Å². The summed E-state index contributed by atoms with van der Waals surface area (Å²) in [5.41, 5.74) is 1.22. The summed E-state index contributed by atoms with van der Waals surface area (Å²) in [4.78, 5) is 2.39. The van der Waals surface area contributed by atoms with Crippen LogP contribution in [0.5, 0.6) is 11.5 Å². The molecule has 0 amide bonds. The summed E-state index contributed by atoms with van der Waals surface area (Å²) in [5.74, 6) is 0.581. The SMILES string of the molecule is CCN(CC)CCCNCc1cc(OC)c(OCc2c(F)cccc2Cl)cc1Cl. The highest BCUT2D eigenvalue weighted by atomic mass is 35.5. The minimum atomic E-state index is -0.409. The molecule has 4 nitrogen and oxygen atoms in total. The van der Waals surface area contributed by atoms with Crippen molar-refractivity contribution in [1.29, 1.82) is 0 Å². The van der Waals surface area contributed by atoms with Gasteiger partial charge in [0, 0.05) is 23.2 Å². The van der Waals surface area contributed by atoms with Crippen molar-refractivity contribution >= 4 is 23.2 Å². The van der Waals surface area contributed by atoms with Crippen molar-refractivity contribution in [3.8, 4) is 11.5 Å². The van der Waals surface area contributed by atoms with Crippen LogP contribution < -0.4 is 14.8 Å². The number of nitrogens with one attached hydrogen (secondary N) is 1. The standard InChI is InChI=1S/C22H29Cl2FN2O2/c1-4-27(5-2)11-7-10-26-14-16-12-21(28-3)22(13-19(16)24)29-15-17-18(23)8-6-9-20(17)25/h6,8-9,12-13,26H,4-5,7,10-11,14-15H2,1-3H3. The molecule has 0 aliphatic carbocycles. The topological polar surface area (TPSA) is 33.7 Å². The number of hydrogen-bond donors (Lipinski definition) is 1. The van der Waals surface area contributed by atoms with E-state index in [1.807, 2.05) is 6.07 Å². The molecule has 0 fully saturated rings.